The van der Waals surface area contributed by atoms with Gasteiger partial charge in [-0.3, -0.25) is 0 Å². The molecular formula is C11H14BrClN6O. The zero-order valence-electron chi connectivity index (χ0n) is 10.9. The molecule has 0 aliphatic heterocycles. The molecule has 0 radical (unpaired) electrons. The standard InChI is InChI=1S/C11H13BrN6O.ClH/c1-7-15-17-11(18(7)13)16-14-6-8-5-9(12)3-4-10(8)19-2;/h3-6H,13H2,1-2H3,(H,16,17);1H/b14-6+;. The molecule has 0 aliphatic rings. The van der Waals surface area contributed by atoms with Crippen LogP contribution in [0.2, 0.25) is 0 Å². The second kappa shape index (κ2) is 7.11. The number of nitrogen functional groups attached to an aromatic ring is 1. The minimum Gasteiger partial charge on any atom is -0.496 e. The molecule has 3 N–H and O–H groups in total. The molecule has 0 atom stereocenters. The number of nitrogens with one attached hydrogen (secondary N) is 1. The lowest BCUT2D eigenvalue weighted by molar-refractivity contribution is 0.414. The monoisotopic (exact) mass is 360 g/mol. The summed E-state index contributed by atoms with van der Waals surface area (Å²) >= 11 is 3.39. The fourth-order valence-electron chi connectivity index (χ4n) is 1.41. The number of aryl methyl sites for hydroxylation is 1. The summed E-state index contributed by atoms with van der Waals surface area (Å²) in [6.45, 7) is 1.75. The highest BCUT2D eigenvalue weighted by Crippen LogP contribution is 2.21. The Morgan fingerprint density at radius 3 is 2.80 bits per heavy atom. The Labute approximate surface area is 130 Å². The molecule has 9 heteroatoms. The molecule has 0 aliphatic carbocycles. The Morgan fingerprint density at radius 2 is 2.20 bits per heavy atom. The van der Waals surface area contributed by atoms with Crippen molar-refractivity contribution in [2.45, 2.75) is 6.92 Å². The summed E-state index contributed by atoms with van der Waals surface area (Å²) in [5.41, 5.74) is 3.54. The molecule has 0 saturated heterocycles. The quantitative estimate of drug-likeness (QED) is 0.493. The van der Waals surface area contributed by atoms with Crippen LogP contribution in [0.15, 0.2) is 27.8 Å². The number of rotatable bonds is 4. The lowest BCUT2D eigenvalue weighted by atomic mass is 10.2. The largest absolute Gasteiger partial charge is 0.496 e. The van der Waals surface area contributed by atoms with Crippen molar-refractivity contribution < 1.29 is 4.74 Å². The third-order valence-corrected chi connectivity index (χ3v) is 2.92. The van der Waals surface area contributed by atoms with E-state index in [1.165, 1.54) is 4.68 Å². The van der Waals surface area contributed by atoms with Crippen LogP contribution in [0, 0.1) is 6.92 Å². The zero-order valence-corrected chi connectivity index (χ0v) is 13.3. The van der Waals surface area contributed by atoms with Crippen LogP contribution in [0.4, 0.5) is 5.95 Å². The highest BCUT2D eigenvalue weighted by molar-refractivity contribution is 9.10. The van der Waals surface area contributed by atoms with Gasteiger partial charge in [0.1, 0.15) is 5.75 Å². The van der Waals surface area contributed by atoms with Gasteiger partial charge in [-0.15, -0.1) is 22.6 Å². The van der Waals surface area contributed by atoms with Crippen LogP contribution in [-0.2, 0) is 0 Å². The van der Waals surface area contributed by atoms with Crippen molar-refractivity contribution in [3.8, 4) is 5.75 Å². The van der Waals surface area contributed by atoms with E-state index in [9.17, 15) is 0 Å². The molecule has 0 amide bonds. The maximum Gasteiger partial charge on any atom is 0.263 e. The number of benzene rings is 1. The van der Waals surface area contributed by atoms with Crippen LogP contribution >= 0.6 is 28.3 Å². The molecule has 108 valence electrons. The lowest BCUT2D eigenvalue weighted by Gasteiger charge is -2.04. The van der Waals surface area contributed by atoms with Crippen LogP contribution in [0.3, 0.4) is 0 Å². The van der Waals surface area contributed by atoms with E-state index in [1.807, 2.05) is 18.2 Å². The lowest BCUT2D eigenvalue weighted by Crippen LogP contribution is -2.13. The zero-order chi connectivity index (χ0) is 13.8. The van der Waals surface area contributed by atoms with Gasteiger partial charge in [-0.1, -0.05) is 15.9 Å². The van der Waals surface area contributed by atoms with Gasteiger partial charge in [0.2, 0.25) is 0 Å². The Bertz CT molecular complexity index is 615. The molecule has 1 heterocycles. The number of hydrogen-bond donors (Lipinski definition) is 2. The summed E-state index contributed by atoms with van der Waals surface area (Å²) < 4.78 is 7.49. The molecule has 0 unspecified atom stereocenters. The molecule has 1 aromatic carbocycles. The van der Waals surface area contributed by atoms with Gasteiger partial charge in [-0.2, -0.15) is 5.10 Å². The summed E-state index contributed by atoms with van der Waals surface area (Å²) in [7, 11) is 1.61. The number of nitrogens with zero attached hydrogens (tertiary/aromatic N) is 4. The van der Waals surface area contributed by atoms with Crippen LogP contribution in [0.5, 0.6) is 5.75 Å². The summed E-state index contributed by atoms with van der Waals surface area (Å²) in [6.07, 6.45) is 1.62. The first-order valence-electron chi connectivity index (χ1n) is 5.41. The maximum absolute atomic E-state index is 5.69. The molecule has 20 heavy (non-hydrogen) atoms. The Morgan fingerprint density at radius 1 is 1.45 bits per heavy atom. The van der Waals surface area contributed by atoms with Gasteiger partial charge in [0.05, 0.1) is 13.3 Å². The Kier molecular flexibility index (Phi) is 5.78. The third-order valence-electron chi connectivity index (χ3n) is 2.43. The molecule has 0 spiro atoms. The normalized spacial score (nSPS) is 10.3. The van der Waals surface area contributed by atoms with Crippen molar-refractivity contribution in [2.24, 2.45) is 5.10 Å². The van der Waals surface area contributed by atoms with Gasteiger partial charge in [0, 0.05) is 10.0 Å². The topological polar surface area (TPSA) is 90.3 Å². The third kappa shape index (κ3) is 3.61. The first-order chi connectivity index (χ1) is 9.11. The highest BCUT2D eigenvalue weighted by Gasteiger charge is 2.04. The minimum absolute atomic E-state index is 0. The summed E-state index contributed by atoms with van der Waals surface area (Å²) in [6, 6.07) is 5.63. The smallest absolute Gasteiger partial charge is 0.263 e. The Balaban J connectivity index is 0.00000200. The van der Waals surface area contributed by atoms with E-state index >= 15 is 0 Å². The second-order valence-electron chi connectivity index (χ2n) is 3.70. The summed E-state index contributed by atoms with van der Waals surface area (Å²) in [5, 5.41) is 11.7. The van der Waals surface area contributed by atoms with Gasteiger partial charge in [0.25, 0.3) is 5.95 Å². The van der Waals surface area contributed by atoms with E-state index in [2.05, 4.69) is 36.7 Å². The van der Waals surface area contributed by atoms with E-state index in [-0.39, 0.29) is 12.4 Å². The number of hydrazone groups is 1. The minimum atomic E-state index is 0. The molecule has 0 bridgehead atoms. The van der Waals surface area contributed by atoms with Crippen LogP contribution in [0.1, 0.15) is 11.4 Å². The van der Waals surface area contributed by atoms with Crippen LogP contribution < -0.4 is 16.0 Å². The number of nitrogens with two attached hydrogens (primary N) is 1. The first kappa shape index (κ1) is 16.3. The van der Waals surface area contributed by atoms with Crippen molar-refractivity contribution in [3.63, 3.8) is 0 Å². The van der Waals surface area contributed by atoms with Gasteiger partial charge in [-0.25, -0.2) is 10.1 Å². The number of hydrogen-bond acceptors (Lipinski definition) is 6. The van der Waals surface area contributed by atoms with E-state index in [4.69, 9.17) is 10.6 Å². The van der Waals surface area contributed by atoms with Gasteiger partial charge >= 0.3 is 0 Å². The maximum atomic E-state index is 5.69. The molecule has 2 aromatic rings. The Hall–Kier alpha value is -1.80. The predicted octanol–water partition coefficient (Wildman–Crippen LogP) is 1.94. The van der Waals surface area contributed by atoms with E-state index in [1.54, 1.807) is 20.2 Å². The molecule has 7 nitrogen and oxygen atoms in total. The number of aromatic nitrogens is 3. The first-order valence-corrected chi connectivity index (χ1v) is 6.21. The predicted molar refractivity (Wildman–Crippen MR) is 84.1 cm³/mol. The second-order valence-corrected chi connectivity index (χ2v) is 4.61. The average Bonchev–Trinajstić information content (AvgIpc) is 2.71. The number of anilines is 1. The van der Waals surface area contributed by atoms with Crippen molar-refractivity contribution in [2.75, 3.05) is 18.4 Å². The SMILES string of the molecule is COc1ccc(Br)cc1/C=N/Nc1nnc(C)n1N.Cl. The van der Waals surface area contributed by atoms with Gasteiger partial charge in [-0.05, 0) is 25.1 Å². The van der Waals surface area contributed by atoms with Crippen molar-refractivity contribution in [3.05, 3.63) is 34.1 Å². The van der Waals surface area contributed by atoms with Crippen molar-refractivity contribution in [1.29, 1.82) is 0 Å². The summed E-state index contributed by atoms with van der Waals surface area (Å²) in [4.78, 5) is 0. The molecule has 1 aromatic heterocycles. The fraction of sp³-hybridized carbons (Fsp3) is 0.182. The van der Waals surface area contributed by atoms with Crippen molar-refractivity contribution >= 4 is 40.5 Å². The fourth-order valence-corrected chi connectivity index (χ4v) is 1.79. The van der Waals surface area contributed by atoms with E-state index < -0.39 is 0 Å². The number of halogens is 2. The van der Waals surface area contributed by atoms with E-state index in [0.29, 0.717) is 11.8 Å². The van der Waals surface area contributed by atoms with Gasteiger partial charge < -0.3 is 10.6 Å². The van der Waals surface area contributed by atoms with Gasteiger partial charge in [0.15, 0.2) is 5.82 Å². The number of methoxy groups -OCH3 is 1. The van der Waals surface area contributed by atoms with Crippen LogP contribution in [-0.4, -0.2) is 28.2 Å². The summed E-state index contributed by atoms with van der Waals surface area (Å²) in [5.74, 6) is 7.37. The molecule has 0 fully saturated rings. The molecule has 0 saturated carbocycles. The average molecular weight is 362 g/mol. The van der Waals surface area contributed by atoms with Crippen molar-refractivity contribution in [1.82, 2.24) is 14.9 Å². The van der Waals surface area contributed by atoms with E-state index in [0.717, 1.165) is 15.8 Å². The van der Waals surface area contributed by atoms with Crippen LogP contribution in [0.25, 0.3) is 0 Å². The molecule has 2 rings (SSSR count). The highest BCUT2D eigenvalue weighted by atomic mass is 79.9. The molecular weight excluding hydrogens is 348 g/mol. The number of ether oxygens (including phenoxy) is 1.